The maximum absolute atomic E-state index is 3.98. The molecule has 1 heterocycles. The van der Waals surface area contributed by atoms with Crippen molar-refractivity contribution in [1.29, 1.82) is 0 Å². The van der Waals surface area contributed by atoms with E-state index in [9.17, 15) is 0 Å². The van der Waals surface area contributed by atoms with Crippen LogP contribution in [0.4, 0.5) is 0 Å². The highest BCUT2D eigenvalue weighted by molar-refractivity contribution is 5.00. The standard InChI is InChI=1S/C9H16N4/c1-10-7-5-3-4-6-9-8-13(2)12-11-9/h3-4,8,10H,5-7H2,1-2H3/b4-3+. The molecule has 0 fully saturated rings. The van der Waals surface area contributed by atoms with Crippen LogP contribution in [0.1, 0.15) is 12.1 Å². The topological polar surface area (TPSA) is 42.7 Å². The maximum atomic E-state index is 3.98. The summed E-state index contributed by atoms with van der Waals surface area (Å²) >= 11 is 0. The Kier molecular flexibility index (Phi) is 4.18. The van der Waals surface area contributed by atoms with Crippen LogP contribution in [0.2, 0.25) is 0 Å². The smallest absolute Gasteiger partial charge is 0.0864 e. The molecule has 0 saturated carbocycles. The Morgan fingerprint density at radius 1 is 1.54 bits per heavy atom. The van der Waals surface area contributed by atoms with E-state index in [1.165, 1.54) is 0 Å². The SMILES string of the molecule is CNCC/C=C/Cc1cn(C)nn1. The number of aromatic nitrogens is 3. The third-order valence-corrected chi connectivity index (χ3v) is 1.70. The van der Waals surface area contributed by atoms with Crippen molar-refractivity contribution in [3.05, 3.63) is 24.0 Å². The van der Waals surface area contributed by atoms with Crippen molar-refractivity contribution in [1.82, 2.24) is 20.3 Å². The van der Waals surface area contributed by atoms with Crippen molar-refractivity contribution < 1.29 is 0 Å². The average molecular weight is 180 g/mol. The van der Waals surface area contributed by atoms with Gasteiger partial charge in [-0.05, 0) is 20.0 Å². The highest BCUT2D eigenvalue weighted by Crippen LogP contribution is 1.94. The molecular weight excluding hydrogens is 164 g/mol. The van der Waals surface area contributed by atoms with E-state index in [1.54, 1.807) is 4.68 Å². The predicted molar refractivity (Wildman–Crippen MR) is 52.4 cm³/mol. The van der Waals surface area contributed by atoms with Crippen molar-refractivity contribution >= 4 is 0 Å². The molecule has 4 nitrogen and oxygen atoms in total. The zero-order valence-corrected chi connectivity index (χ0v) is 8.20. The molecule has 13 heavy (non-hydrogen) atoms. The average Bonchev–Trinajstić information content (AvgIpc) is 2.51. The van der Waals surface area contributed by atoms with Crippen LogP contribution in [0.3, 0.4) is 0 Å². The van der Waals surface area contributed by atoms with Gasteiger partial charge in [0, 0.05) is 19.7 Å². The van der Waals surface area contributed by atoms with Crippen molar-refractivity contribution in [2.75, 3.05) is 13.6 Å². The van der Waals surface area contributed by atoms with Gasteiger partial charge in [0.05, 0.1) is 5.69 Å². The van der Waals surface area contributed by atoms with Gasteiger partial charge in [-0.1, -0.05) is 17.4 Å². The van der Waals surface area contributed by atoms with Gasteiger partial charge in [-0.15, -0.1) is 5.10 Å². The lowest BCUT2D eigenvalue weighted by atomic mass is 10.3. The van der Waals surface area contributed by atoms with Crippen LogP contribution in [0, 0.1) is 0 Å². The number of nitrogens with zero attached hydrogens (tertiary/aromatic N) is 3. The largest absolute Gasteiger partial charge is 0.319 e. The Morgan fingerprint density at radius 2 is 2.38 bits per heavy atom. The molecule has 0 bridgehead atoms. The third-order valence-electron chi connectivity index (χ3n) is 1.70. The van der Waals surface area contributed by atoms with Crippen molar-refractivity contribution in [2.24, 2.45) is 7.05 Å². The first-order chi connectivity index (χ1) is 6.33. The second kappa shape index (κ2) is 5.48. The van der Waals surface area contributed by atoms with Gasteiger partial charge in [0.15, 0.2) is 0 Å². The molecule has 0 aliphatic rings. The van der Waals surface area contributed by atoms with Gasteiger partial charge in [0.2, 0.25) is 0 Å². The summed E-state index contributed by atoms with van der Waals surface area (Å²) in [7, 11) is 3.83. The first-order valence-corrected chi connectivity index (χ1v) is 4.47. The summed E-state index contributed by atoms with van der Waals surface area (Å²) < 4.78 is 1.72. The molecule has 0 aromatic carbocycles. The first-order valence-electron chi connectivity index (χ1n) is 4.47. The predicted octanol–water partition coefficient (Wildman–Crippen LogP) is 0.523. The molecule has 0 saturated heterocycles. The highest BCUT2D eigenvalue weighted by atomic mass is 15.4. The fourth-order valence-corrected chi connectivity index (χ4v) is 1.04. The number of hydrogen-bond donors (Lipinski definition) is 1. The van der Waals surface area contributed by atoms with Crippen LogP contribution in [-0.4, -0.2) is 28.6 Å². The van der Waals surface area contributed by atoms with Gasteiger partial charge in [0.25, 0.3) is 0 Å². The van der Waals surface area contributed by atoms with Gasteiger partial charge < -0.3 is 5.32 Å². The van der Waals surface area contributed by atoms with Gasteiger partial charge in [0.1, 0.15) is 0 Å². The summed E-state index contributed by atoms with van der Waals surface area (Å²) in [5, 5.41) is 10.9. The molecule has 0 radical (unpaired) electrons. The molecule has 1 aromatic heterocycles. The van der Waals surface area contributed by atoms with E-state index in [0.717, 1.165) is 25.1 Å². The fourth-order valence-electron chi connectivity index (χ4n) is 1.04. The first kappa shape index (κ1) is 9.92. The third kappa shape index (κ3) is 3.85. The molecule has 1 aromatic rings. The maximum Gasteiger partial charge on any atom is 0.0864 e. The van der Waals surface area contributed by atoms with E-state index in [0.29, 0.717) is 0 Å². The van der Waals surface area contributed by atoms with Crippen LogP contribution >= 0.6 is 0 Å². The molecule has 4 heteroatoms. The van der Waals surface area contributed by atoms with E-state index in [-0.39, 0.29) is 0 Å². The summed E-state index contributed by atoms with van der Waals surface area (Å²) in [6, 6.07) is 0. The Balaban J connectivity index is 2.22. The molecule has 1 rings (SSSR count). The van der Waals surface area contributed by atoms with Crippen LogP contribution in [0.25, 0.3) is 0 Å². The van der Waals surface area contributed by atoms with Crippen LogP contribution in [-0.2, 0) is 13.5 Å². The van der Waals surface area contributed by atoms with Gasteiger partial charge in [-0.25, -0.2) is 0 Å². The normalized spacial score (nSPS) is 11.2. The lowest BCUT2D eigenvalue weighted by molar-refractivity contribution is 0.713. The number of allylic oxidation sites excluding steroid dienone is 1. The summed E-state index contributed by atoms with van der Waals surface area (Å²) in [5.74, 6) is 0. The number of hydrogen-bond acceptors (Lipinski definition) is 3. The zero-order valence-electron chi connectivity index (χ0n) is 8.20. The van der Waals surface area contributed by atoms with Gasteiger partial charge in [-0.2, -0.15) is 0 Å². The molecule has 0 aliphatic carbocycles. The Morgan fingerprint density at radius 3 is 3.00 bits per heavy atom. The van der Waals surface area contributed by atoms with E-state index in [4.69, 9.17) is 0 Å². The summed E-state index contributed by atoms with van der Waals surface area (Å²) in [5.41, 5.74) is 1.02. The second-order valence-corrected chi connectivity index (χ2v) is 2.95. The molecule has 0 spiro atoms. The molecule has 0 unspecified atom stereocenters. The Hall–Kier alpha value is -1.16. The lowest BCUT2D eigenvalue weighted by Crippen LogP contribution is -2.05. The van der Waals surface area contributed by atoms with Crippen LogP contribution in [0.15, 0.2) is 18.3 Å². The van der Waals surface area contributed by atoms with E-state index in [1.807, 2.05) is 20.3 Å². The Bertz CT molecular complexity index is 264. The van der Waals surface area contributed by atoms with Gasteiger partial charge >= 0.3 is 0 Å². The molecule has 0 amide bonds. The molecule has 72 valence electrons. The summed E-state index contributed by atoms with van der Waals surface area (Å²) in [6.07, 6.45) is 8.16. The van der Waals surface area contributed by atoms with Crippen molar-refractivity contribution in [2.45, 2.75) is 12.8 Å². The minimum absolute atomic E-state index is 0.873. The highest BCUT2D eigenvalue weighted by Gasteiger charge is 1.92. The number of aryl methyl sites for hydroxylation is 1. The lowest BCUT2D eigenvalue weighted by Gasteiger charge is -1.90. The zero-order chi connectivity index (χ0) is 9.52. The summed E-state index contributed by atoms with van der Waals surface area (Å²) in [4.78, 5) is 0. The number of nitrogens with one attached hydrogen (secondary N) is 1. The van der Waals surface area contributed by atoms with Crippen molar-refractivity contribution in [3.8, 4) is 0 Å². The molecule has 0 atom stereocenters. The molecule has 0 aliphatic heterocycles. The van der Waals surface area contributed by atoms with Gasteiger partial charge in [-0.3, -0.25) is 4.68 Å². The Labute approximate surface area is 78.6 Å². The van der Waals surface area contributed by atoms with Crippen LogP contribution in [0.5, 0.6) is 0 Å². The molecular formula is C9H16N4. The van der Waals surface area contributed by atoms with Crippen molar-refractivity contribution in [3.63, 3.8) is 0 Å². The molecule has 1 N–H and O–H groups in total. The minimum Gasteiger partial charge on any atom is -0.319 e. The van der Waals surface area contributed by atoms with E-state index >= 15 is 0 Å². The minimum atomic E-state index is 0.873. The second-order valence-electron chi connectivity index (χ2n) is 2.95. The quantitative estimate of drug-likeness (QED) is 0.530. The van der Waals surface area contributed by atoms with Crippen LogP contribution < -0.4 is 5.32 Å². The van der Waals surface area contributed by atoms with E-state index in [2.05, 4.69) is 27.8 Å². The monoisotopic (exact) mass is 180 g/mol. The summed E-state index contributed by atoms with van der Waals surface area (Å²) in [6.45, 7) is 1.02. The number of rotatable bonds is 5. The fraction of sp³-hybridized carbons (Fsp3) is 0.556. The van der Waals surface area contributed by atoms with E-state index < -0.39 is 0 Å².